The second-order valence-corrected chi connectivity index (χ2v) is 5.66. The predicted octanol–water partition coefficient (Wildman–Crippen LogP) is 1.66. The van der Waals surface area contributed by atoms with E-state index in [1.807, 2.05) is 13.0 Å². The molecule has 0 fully saturated rings. The number of hydrogen-bond acceptors (Lipinski definition) is 5. The van der Waals surface area contributed by atoms with Crippen molar-refractivity contribution in [2.75, 3.05) is 0 Å². The maximum atomic E-state index is 12.2. The Bertz CT molecular complexity index is 843. The van der Waals surface area contributed by atoms with Gasteiger partial charge in [-0.05, 0) is 40.4 Å². The summed E-state index contributed by atoms with van der Waals surface area (Å²) in [6.45, 7) is 4.91. The lowest BCUT2D eigenvalue weighted by Gasteiger charge is -2.18. The number of hydrogen-bond donors (Lipinski definition) is 2. The number of imidazole rings is 1. The maximum Gasteiger partial charge on any atom is 0.381 e. The molecule has 2 aromatic rings. The number of carbonyl (C=O) groups is 2. The third-order valence-corrected chi connectivity index (χ3v) is 3.97. The molecule has 0 saturated heterocycles. The molecule has 0 bridgehead atoms. The number of amides is 1. The van der Waals surface area contributed by atoms with E-state index in [2.05, 4.69) is 10.3 Å². The lowest BCUT2D eigenvalue weighted by Crippen LogP contribution is -2.36. The maximum absolute atomic E-state index is 12.2. The summed E-state index contributed by atoms with van der Waals surface area (Å²) >= 11 is 0. The molecule has 9 heteroatoms. The molecule has 0 aliphatic carbocycles. The molecular formula is C16H18N4O5. The fraction of sp³-hybridized carbons (Fsp3) is 0.312. The summed E-state index contributed by atoms with van der Waals surface area (Å²) in [4.78, 5) is 37.6. The van der Waals surface area contributed by atoms with E-state index < -0.39 is 22.8 Å². The van der Waals surface area contributed by atoms with Crippen molar-refractivity contribution >= 4 is 17.7 Å². The molecular weight excluding hydrogens is 328 g/mol. The Hall–Kier alpha value is -3.23. The smallest absolute Gasteiger partial charge is 0.381 e. The van der Waals surface area contributed by atoms with Crippen LogP contribution in [0.25, 0.3) is 0 Å². The average molecular weight is 346 g/mol. The fourth-order valence-electron chi connectivity index (χ4n) is 2.46. The summed E-state index contributed by atoms with van der Waals surface area (Å²) in [6.07, 6.45) is 1.14. The van der Waals surface area contributed by atoms with Gasteiger partial charge in [0.1, 0.15) is 12.7 Å². The minimum absolute atomic E-state index is 0.263. The molecule has 9 nitrogen and oxygen atoms in total. The SMILES string of the molecule is Cc1cccc(C(NC(=O)Cn2cc([N+](=O)[O-])nc2C)C(=O)O)c1C. The zero-order valence-corrected chi connectivity index (χ0v) is 14.0. The summed E-state index contributed by atoms with van der Waals surface area (Å²) in [5, 5.41) is 22.6. The van der Waals surface area contributed by atoms with Crippen molar-refractivity contribution in [2.45, 2.75) is 33.4 Å². The Kier molecular flexibility index (Phi) is 5.16. The van der Waals surface area contributed by atoms with Gasteiger partial charge in [0.25, 0.3) is 0 Å². The molecule has 1 heterocycles. The van der Waals surface area contributed by atoms with Gasteiger partial charge < -0.3 is 20.5 Å². The molecule has 0 saturated carbocycles. The van der Waals surface area contributed by atoms with Crippen LogP contribution in [-0.4, -0.2) is 31.5 Å². The van der Waals surface area contributed by atoms with E-state index >= 15 is 0 Å². The zero-order valence-electron chi connectivity index (χ0n) is 14.0. The molecule has 1 atom stereocenters. The van der Waals surface area contributed by atoms with Crippen molar-refractivity contribution in [3.63, 3.8) is 0 Å². The quantitative estimate of drug-likeness (QED) is 0.605. The molecule has 1 amide bonds. The van der Waals surface area contributed by atoms with Crippen LogP contribution >= 0.6 is 0 Å². The van der Waals surface area contributed by atoms with Gasteiger partial charge in [-0.3, -0.25) is 9.36 Å². The van der Waals surface area contributed by atoms with Crippen molar-refractivity contribution < 1.29 is 19.6 Å². The van der Waals surface area contributed by atoms with Crippen molar-refractivity contribution in [3.8, 4) is 0 Å². The second kappa shape index (κ2) is 7.12. The third-order valence-electron chi connectivity index (χ3n) is 3.97. The largest absolute Gasteiger partial charge is 0.479 e. The Morgan fingerprint density at radius 3 is 2.60 bits per heavy atom. The highest BCUT2D eigenvalue weighted by Gasteiger charge is 2.25. The predicted molar refractivity (Wildman–Crippen MR) is 88.1 cm³/mol. The molecule has 0 aliphatic rings. The normalized spacial score (nSPS) is 11.8. The van der Waals surface area contributed by atoms with Gasteiger partial charge in [-0.1, -0.05) is 18.2 Å². The number of benzene rings is 1. The summed E-state index contributed by atoms with van der Waals surface area (Å²) in [5.41, 5.74) is 2.19. The van der Waals surface area contributed by atoms with E-state index in [1.165, 1.54) is 11.5 Å². The molecule has 0 spiro atoms. The molecule has 132 valence electrons. The third kappa shape index (κ3) is 4.00. The van der Waals surface area contributed by atoms with Crippen LogP contribution in [0.3, 0.4) is 0 Å². The van der Waals surface area contributed by atoms with Crippen LogP contribution in [0.5, 0.6) is 0 Å². The molecule has 0 aliphatic heterocycles. The summed E-state index contributed by atoms with van der Waals surface area (Å²) in [5.74, 6) is -1.84. The summed E-state index contributed by atoms with van der Waals surface area (Å²) < 4.78 is 1.30. The van der Waals surface area contributed by atoms with E-state index in [0.29, 0.717) is 11.4 Å². The zero-order chi connectivity index (χ0) is 18.7. The number of aryl methyl sites for hydroxylation is 2. The number of aromatic nitrogens is 2. The van der Waals surface area contributed by atoms with E-state index in [9.17, 15) is 24.8 Å². The first kappa shape index (κ1) is 18.1. The topological polar surface area (TPSA) is 127 Å². The van der Waals surface area contributed by atoms with Crippen molar-refractivity contribution in [2.24, 2.45) is 0 Å². The van der Waals surface area contributed by atoms with E-state index in [1.54, 1.807) is 19.1 Å². The number of nitrogens with zero attached hydrogens (tertiary/aromatic N) is 3. The molecule has 1 aromatic heterocycles. The van der Waals surface area contributed by atoms with Crippen molar-refractivity contribution in [1.29, 1.82) is 0 Å². The lowest BCUT2D eigenvalue weighted by molar-refractivity contribution is -0.389. The van der Waals surface area contributed by atoms with Crippen molar-refractivity contribution in [3.05, 3.63) is 57.0 Å². The fourth-order valence-corrected chi connectivity index (χ4v) is 2.46. The van der Waals surface area contributed by atoms with Gasteiger partial charge in [-0.2, -0.15) is 0 Å². The Balaban J connectivity index is 2.20. The van der Waals surface area contributed by atoms with Gasteiger partial charge >= 0.3 is 11.8 Å². The van der Waals surface area contributed by atoms with Gasteiger partial charge in [0.05, 0.1) is 0 Å². The number of nitrogens with one attached hydrogen (secondary N) is 1. The minimum Gasteiger partial charge on any atom is -0.479 e. The number of carboxylic acid groups (broad SMARTS) is 1. The van der Waals surface area contributed by atoms with Gasteiger partial charge in [-0.15, -0.1) is 0 Å². The van der Waals surface area contributed by atoms with E-state index in [-0.39, 0.29) is 12.4 Å². The van der Waals surface area contributed by atoms with Crippen LogP contribution in [0.2, 0.25) is 0 Å². The van der Waals surface area contributed by atoms with Crippen LogP contribution < -0.4 is 5.32 Å². The lowest BCUT2D eigenvalue weighted by atomic mass is 9.97. The summed E-state index contributed by atoms with van der Waals surface area (Å²) in [7, 11) is 0. The highest BCUT2D eigenvalue weighted by molar-refractivity contribution is 5.84. The minimum atomic E-state index is -1.20. The molecule has 2 rings (SSSR count). The summed E-state index contributed by atoms with van der Waals surface area (Å²) in [6, 6.07) is 4.02. The highest BCUT2D eigenvalue weighted by Crippen LogP contribution is 2.21. The number of carboxylic acids is 1. The first-order valence-corrected chi connectivity index (χ1v) is 7.47. The van der Waals surface area contributed by atoms with E-state index in [4.69, 9.17) is 0 Å². The standard InChI is InChI=1S/C16H18N4O5/c1-9-5-4-6-12(10(9)2)15(16(22)23)18-14(21)8-19-7-13(20(24)25)17-11(19)3/h4-7,15H,8H2,1-3H3,(H,18,21)(H,22,23). The molecule has 0 radical (unpaired) electrons. The first-order chi connectivity index (χ1) is 11.7. The van der Waals surface area contributed by atoms with E-state index in [0.717, 1.165) is 17.3 Å². The van der Waals surface area contributed by atoms with Crippen LogP contribution in [0.4, 0.5) is 5.82 Å². The van der Waals surface area contributed by atoms with Crippen LogP contribution in [0, 0.1) is 30.9 Å². The molecule has 1 unspecified atom stereocenters. The van der Waals surface area contributed by atoms with Crippen LogP contribution in [0.1, 0.15) is 28.6 Å². The van der Waals surface area contributed by atoms with Crippen LogP contribution in [-0.2, 0) is 16.1 Å². The van der Waals surface area contributed by atoms with Gasteiger partial charge in [0, 0.05) is 6.92 Å². The molecule has 1 aromatic carbocycles. The van der Waals surface area contributed by atoms with Crippen LogP contribution in [0.15, 0.2) is 24.4 Å². The number of carbonyl (C=O) groups excluding carboxylic acids is 1. The van der Waals surface area contributed by atoms with Gasteiger partial charge in [0.2, 0.25) is 11.7 Å². The van der Waals surface area contributed by atoms with Gasteiger partial charge in [-0.25, -0.2) is 4.79 Å². The Morgan fingerprint density at radius 1 is 1.36 bits per heavy atom. The molecule has 25 heavy (non-hydrogen) atoms. The Morgan fingerprint density at radius 2 is 2.04 bits per heavy atom. The average Bonchev–Trinajstić information content (AvgIpc) is 2.89. The second-order valence-electron chi connectivity index (χ2n) is 5.66. The number of aliphatic carboxylic acids is 1. The Labute approximate surface area is 143 Å². The monoisotopic (exact) mass is 346 g/mol. The first-order valence-electron chi connectivity index (χ1n) is 7.47. The number of rotatable bonds is 6. The van der Waals surface area contributed by atoms with Gasteiger partial charge in [0.15, 0.2) is 6.04 Å². The molecule has 2 N–H and O–H groups in total. The van der Waals surface area contributed by atoms with Crippen molar-refractivity contribution in [1.82, 2.24) is 14.9 Å². The number of nitro groups is 1. The highest BCUT2D eigenvalue weighted by atomic mass is 16.6.